The fraction of sp³-hybridized carbons (Fsp3) is 0.444. The maximum absolute atomic E-state index is 12.8. The Hall–Kier alpha value is -2.52. The van der Waals surface area contributed by atoms with Gasteiger partial charge in [-0.1, -0.05) is 19.1 Å². The van der Waals surface area contributed by atoms with Crippen LogP contribution < -0.4 is 5.32 Å². The summed E-state index contributed by atoms with van der Waals surface area (Å²) in [6, 6.07) is 5.53. The van der Waals surface area contributed by atoms with E-state index in [4.69, 9.17) is 21.7 Å². The van der Waals surface area contributed by atoms with Crippen molar-refractivity contribution in [2.24, 2.45) is 0 Å². The first-order valence-electron chi connectivity index (χ1n) is 8.60. The van der Waals surface area contributed by atoms with E-state index in [1.165, 1.54) is 13.2 Å². The predicted octanol–water partition coefficient (Wildman–Crippen LogP) is 2.70. The largest absolute Gasteiger partial charge is 0.460 e. The Labute approximate surface area is 163 Å². The molecule has 146 valence electrons. The van der Waals surface area contributed by atoms with Gasteiger partial charge in [-0.2, -0.15) is 0 Å². The van der Waals surface area contributed by atoms with Crippen LogP contribution in [-0.4, -0.2) is 47.8 Å². The first kappa shape index (κ1) is 20.8. The molecule has 8 nitrogen and oxygen atoms in total. The van der Waals surface area contributed by atoms with Gasteiger partial charge >= 0.3 is 5.97 Å². The summed E-state index contributed by atoms with van der Waals surface area (Å²) in [5, 5.41) is 15.0. The Morgan fingerprint density at radius 1 is 1.37 bits per heavy atom. The van der Waals surface area contributed by atoms with Crippen LogP contribution in [0.5, 0.6) is 0 Å². The third-order valence-electron chi connectivity index (χ3n) is 4.23. The minimum absolute atomic E-state index is 0.0864. The lowest BCUT2D eigenvalue weighted by Crippen LogP contribution is -2.48. The molecule has 0 aromatic heterocycles. The Morgan fingerprint density at radius 2 is 2.07 bits per heavy atom. The van der Waals surface area contributed by atoms with Gasteiger partial charge in [0.2, 0.25) is 0 Å². The van der Waals surface area contributed by atoms with Crippen LogP contribution in [0.25, 0.3) is 0 Å². The monoisotopic (exact) mass is 393 g/mol. The predicted molar refractivity (Wildman–Crippen MR) is 104 cm³/mol. The topological polar surface area (TPSA) is 93.9 Å². The number of carbonyl (C=O) groups is 1. The minimum Gasteiger partial charge on any atom is -0.460 e. The first-order chi connectivity index (χ1) is 12.9. The van der Waals surface area contributed by atoms with Gasteiger partial charge in [0.05, 0.1) is 28.7 Å². The number of para-hydroxylation sites is 1. The fourth-order valence-corrected chi connectivity index (χ4v) is 3.31. The van der Waals surface area contributed by atoms with E-state index in [1.54, 1.807) is 25.1 Å². The molecule has 27 heavy (non-hydrogen) atoms. The van der Waals surface area contributed by atoms with Crippen molar-refractivity contribution in [3.63, 3.8) is 0 Å². The number of methoxy groups -OCH3 is 1. The van der Waals surface area contributed by atoms with Gasteiger partial charge in [0.1, 0.15) is 6.61 Å². The second-order valence-electron chi connectivity index (χ2n) is 5.98. The zero-order chi connectivity index (χ0) is 20.0. The van der Waals surface area contributed by atoms with Crippen LogP contribution in [0.3, 0.4) is 0 Å². The van der Waals surface area contributed by atoms with Gasteiger partial charge in [-0.25, -0.2) is 4.79 Å². The smallest absolute Gasteiger partial charge is 0.338 e. The van der Waals surface area contributed by atoms with Crippen molar-refractivity contribution in [1.82, 2.24) is 10.2 Å². The number of esters is 1. The van der Waals surface area contributed by atoms with Crippen LogP contribution in [0.2, 0.25) is 0 Å². The van der Waals surface area contributed by atoms with Crippen molar-refractivity contribution in [2.45, 2.75) is 26.3 Å². The summed E-state index contributed by atoms with van der Waals surface area (Å²) in [7, 11) is 1.51. The summed E-state index contributed by atoms with van der Waals surface area (Å²) in [5.41, 5.74) is 1.21. The molecule has 9 heteroatoms. The van der Waals surface area contributed by atoms with E-state index in [0.717, 1.165) is 6.42 Å². The van der Waals surface area contributed by atoms with E-state index in [9.17, 15) is 14.9 Å². The molecule has 0 saturated heterocycles. The summed E-state index contributed by atoms with van der Waals surface area (Å²) in [5.74, 6) is -0.552. The average molecular weight is 393 g/mol. The summed E-state index contributed by atoms with van der Waals surface area (Å²) in [6.07, 6.45) is 0.821. The SMILES string of the molecule is CCCN1C(=S)NC(c2ccccc2[N+](=O)[O-])C(C(=O)OCCOC)=C1C. The molecule has 0 radical (unpaired) electrons. The fourth-order valence-electron chi connectivity index (χ4n) is 2.97. The van der Waals surface area contributed by atoms with Crippen LogP contribution in [-0.2, 0) is 14.3 Å². The molecule has 0 aliphatic carbocycles. The molecule has 0 amide bonds. The number of nitrogens with zero attached hydrogens (tertiary/aromatic N) is 2. The van der Waals surface area contributed by atoms with Crippen LogP contribution in [0.1, 0.15) is 31.9 Å². The lowest BCUT2D eigenvalue weighted by Gasteiger charge is -2.37. The van der Waals surface area contributed by atoms with Crippen LogP contribution in [0, 0.1) is 10.1 Å². The van der Waals surface area contributed by atoms with Crippen molar-refractivity contribution >= 4 is 29.0 Å². The van der Waals surface area contributed by atoms with Gasteiger partial charge in [0.15, 0.2) is 5.11 Å². The summed E-state index contributed by atoms with van der Waals surface area (Å²) >= 11 is 5.44. The van der Waals surface area contributed by atoms with Gasteiger partial charge in [-0.05, 0) is 31.6 Å². The summed E-state index contributed by atoms with van der Waals surface area (Å²) < 4.78 is 10.2. The molecule has 1 unspecified atom stereocenters. The van der Waals surface area contributed by atoms with Crippen LogP contribution >= 0.6 is 12.2 Å². The van der Waals surface area contributed by atoms with Gasteiger partial charge in [0.25, 0.3) is 5.69 Å². The van der Waals surface area contributed by atoms with Gasteiger partial charge < -0.3 is 19.7 Å². The average Bonchev–Trinajstić information content (AvgIpc) is 2.64. The molecule has 0 bridgehead atoms. The highest BCUT2D eigenvalue weighted by Gasteiger charge is 2.37. The Balaban J connectivity index is 2.52. The number of hydrogen-bond donors (Lipinski definition) is 1. The molecule has 2 rings (SSSR count). The van der Waals surface area contributed by atoms with Gasteiger partial charge in [-0.3, -0.25) is 10.1 Å². The molecule has 0 fully saturated rings. The number of thiocarbonyl (C=S) groups is 1. The quantitative estimate of drug-likeness (QED) is 0.237. The highest BCUT2D eigenvalue weighted by atomic mass is 32.1. The van der Waals surface area contributed by atoms with Crippen molar-refractivity contribution < 1.29 is 19.2 Å². The van der Waals surface area contributed by atoms with Crippen molar-refractivity contribution in [3.8, 4) is 0 Å². The number of nitro groups is 1. The highest BCUT2D eigenvalue weighted by Crippen LogP contribution is 2.35. The molecule has 0 spiro atoms. The van der Waals surface area contributed by atoms with Gasteiger partial charge in [0, 0.05) is 25.4 Å². The molecular formula is C18H23N3O5S. The first-order valence-corrected chi connectivity index (χ1v) is 9.01. The molecule has 1 aliphatic heterocycles. The van der Waals surface area contributed by atoms with Crippen LogP contribution in [0.15, 0.2) is 35.5 Å². The van der Waals surface area contributed by atoms with E-state index >= 15 is 0 Å². The second kappa shape index (κ2) is 9.43. The zero-order valence-electron chi connectivity index (χ0n) is 15.6. The van der Waals surface area contributed by atoms with Gasteiger partial charge in [-0.15, -0.1) is 0 Å². The lowest BCUT2D eigenvalue weighted by atomic mass is 9.93. The van der Waals surface area contributed by atoms with E-state index in [-0.39, 0.29) is 18.9 Å². The maximum Gasteiger partial charge on any atom is 0.338 e. The number of hydrogen-bond acceptors (Lipinski definition) is 6. The molecule has 0 saturated carbocycles. The molecule has 1 N–H and O–H groups in total. The third-order valence-corrected chi connectivity index (χ3v) is 4.57. The number of ether oxygens (including phenoxy) is 2. The number of allylic oxidation sites excluding steroid dienone is 1. The Kier molecular flexibility index (Phi) is 7.26. The molecule has 1 atom stereocenters. The zero-order valence-corrected chi connectivity index (χ0v) is 16.4. The normalized spacial score (nSPS) is 16.9. The highest BCUT2D eigenvalue weighted by molar-refractivity contribution is 7.80. The number of nitrogens with one attached hydrogen (secondary N) is 1. The van der Waals surface area contributed by atoms with E-state index in [1.807, 2.05) is 11.8 Å². The molecule has 1 heterocycles. The standard InChI is InChI=1S/C18H23N3O5S/c1-4-9-20-12(2)15(17(22)26-11-10-25-3)16(19-18(20)27)13-7-5-6-8-14(13)21(23)24/h5-8,16H,4,9-11H2,1-3H3,(H,19,27). The second-order valence-corrected chi connectivity index (χ2v) is 6.36. The third kappa shape index (κ3) is 4.61. The van der Waals surface area contributed by atoms with Crippen molar-refractivity contribution in [3.05, 3.63) is 51.2 Å². The van der Waals surface area contributed by atoms with Crippen molar-refractivity contribution in [2.75, 3.05) is 26.9 Å². The van der Waals surface area contributed by atoms with Crippen LogP contribution in [0.4, 0.5) is 5.69 Å². The van der Waals surface area contributed by atoms with E-state index in [0.29, 0.717) is 28.5 Å². The van der Waals surface area contributed by atoms with E-state index < -0.39 is 16.9 Å². The minimum atomic E-state index is -0.762. The maximum atomic E-state index is 12.8. The molecule has 1 aliphatic rings. The molecule has 1 aromatic carbocycles. The Morgan fingerprint density at radius 3 is 2.70 bits per heavy atom. The number of carbonyl (C=O) groups excluding carboxylic acids is 1. The number of benzene rings is 1. The summed E-state index contributed by atoms with van der Waals surface area (Å²) in [6.45, 7) is 4.75. The van der Waals surface area contributed by atoms with Crippen molar-refractivity contribution in [1.29, 1.82) is 0 Å². The van der Waals surface area contributed by atoms with E-state index in [2.05, 4.69) is 5.32 Å². The lowest BCUT2D eigenvalue weighted by molar-refractivity contribution is -0.385. The summed E-state index contributed by atoms with van der Waals surface area (Å²) in [4.78, 5) is 25.6. The number of rotatable bonds is 8. The number of nitro benzene ring substituents is 1. The molecule has 1 aromatic rings. The Bertz CT molecular complexity index is 765. The molecular weight excluding hydrogens is 370 g/mol.